The molecule has 4 aromatic carbocycles. The predicted molar refractivity (Wildman–Crippen MR) is 188 cm³/mol. The first kappa shape index (κ1) is 34.8. The van der Waals surface area contributed by atoms with Crippen LogP contribution in [0.1, 0.15) is 43.2 Å². The van der Waals surface area contributed by atoms with E-state index in [2.05, 4.69) is 5.32 Å². The van der Waals surface area contributed by atoms with E-state index in [9.17, 15) is 18.0 Å². The summed E-state index contributed by atoms with van der Waals surface area (Å²) < 4.78 is 29.3. The maximum Gasteiger partial charge on any atom is 0.264 e. The Kier molecular flexibility index (Phi) is 11.9. The van der Waals surface area contributed by atoms with Crippen LogP contribution in [0.5, 0.6) is 0 Å². The number of sulfonamides is 1. The number of halogens is 3. The van der Waals surface area contributed by atoms with Crippen LogP contribution in [-0.4, -0.2) is 43.8 Å². The number of hydrogen-bond acceptors (Lipinski definition) is 4. The second-order valence-electron chi connectivity index (χ2n) is 11.6. The Balaban J connectivity index is 1.58. The normalized spacial score (nSPS) is 14.3. The molecule has 2 amide bonds. The molecule has 0 bridgehead atoms. The molecular weight excluding hydrogens is 677 g/mol. The van der Waals surface area contributed by atoms with Crippen LogP contribution >= 0.6 is 34.8 Å². The number of carbonyl (C=O) groups is 2. The Morgan fingerprint density at radius 3 is 2.06 bits per heavy atom. The number of carbonyl (C=O) groups excluding carboxylic acids is 2. The van der Waals surface area contributed by atoms with Crippen molar-refractivity contribution in [2.24, 2.45) is 0 Å². The van der Waals surface area contributed by atoms with Crippen molar-refractivity contribution in [3.8, 4) is 0 Å². The molecule has 7 nitrogen and oxygen atoms in total. The van der Waals surface area contributed by atoms with Gasteiger partial charge in [0.25, 0.3) is 10.0 Å². The van der Waals surface area contributed by atoms with Gasteiger partial charge in [0.05, 0.1) is 20.6 Å². The van der Waals surface area contributed by atoms with E-state index >= 15 is 0 Å². The van der Waals surface area contributed by atoms with Gasteiger partial charge in [-0.2, -0.15) is 0 Å². The van der Waals surface area contributed by atoms with Gasteiger partial charge >= 0.3 is 0 Å². The fourth-order valence-electron chi connectivity index (χ4n) is 5.80. The standard InChI is InChI=1S/C36H36Cl3N3O4S/c37-31-19-11-10-14-27(31)24-41(34(22-26-12-4-1-5-13-26)36(44)40-28-15-6-2-7-16-28)35(43)25-42(29-20-21-32(38)33(39)23-29)47(45,46)30-17-8-3-9-18-30/h1,3-5,8-14,17-21,23,28,34H,2,6-7,15-16,22,24-25H2,(H,40,44)/t34-/m0/s1. The van der Waals surface area contributed by atoms with Crippen LogP contribution in [0.4, 0.5) is 5.69 Å². The number of rotatable bonds is 12. The number of anilines is 1. The van der Waals surface area contributed by atoms with Gasteiger partial charge in [0, 0.05) is 24.0 Å². The zero-order valence-corrected chi connectivity index (χ0v) is 28.8. The molecule has 1 N–H and O–H groups in total. The lowest BCUT2D eigenvalue weighted by Crippen LogP contribution is -2.55. The molecule has 1 atom stereocenters. The van der Waals surface area contributed by atoms with Crippen molar-refractivity contribution < 1.29 is 18.0 Å². The van der Waals surface area contributed by atoms with Crippen LogP contribution in [0, 0.1) is 0 Å². The number of nitrogens with zero attached hydrogens (tertiary/aromatic N) is 2. The Bertz CT molecular complexity index is 1790. The van der Waals surface area contributed by atoms with Crippen molar-refractivity contribution in [1.82, 2.24) is 10.2 Å². The Hall–Kier alpha value is -3.56. The summed E-state index contributed by atoms with van der Waals surface area (Å²) in [6, 6.07) is 27.8. The van der Waals surface area contributed by atoms with Gasteiger partial charge in [-0.15, -0.1) is 0 Å². The molecule has 11 heteroatoms. The first-order chi connectivity index (χ1) is 22.6. The molecule has 0 aliphatic heterocycles. The number of benzene rings is 4. The highest BCUT2D eigenvalue weighted by Gasteiger charge is 2.35. The van der Waals surface area contributed by atoms with Gasteiger partial charge in [-0.1, -0.05) is 121 Å². The second kappa shape index (κ2) is 16.0. The molecule has 0 radical (unpaired) electrons. The molecule has 1 saturated carbocycles. The van der Waals surface area contributed by atoms with Gasteiger partial charge in [0.15, 0.2) is 0 Å². The van der Waals surface area contributed by atoms with Crippen LogP contribution in [-0.2, 0) is 32.6 Å². The van der Waals surface area contributed by atoms with Gasteiger partial charge in [-0.05, 0) is 60.4 Å². The average molecular weight is 713 g/mol. The molecule has 1 aliphatic carbocycles. The van der Waals surface area contributed by atoms with E-state index in [-0.39, 0.29) is 45.5 Å². The maximum atomic E-state index is 14.6. The zero-order chi connectivity index (χ0) is 33.4. The SMILES string of the molecule is O=C(NC1CCCCC1)[C@H](Cc1ccccc1)N(Cc1ccccc1Cl)C(=O)CN(c1ccc(Cl)c(Cl)c1)S(=O)(=O)c1ccccc1. The molecule has 0 saturated heterocycles. The van der Waals surface area contributed by atoms with Gasteiger partial charge in [0.1, 0.15) is 12.6 Å². The summed E-state index contributed by atoms with van der Waals surface area (Å²) in [5.74, 6) is -0.886. The predicted octanol–water partition coefficient (Wildman–Crippen LogP) is 7.93. The fraction of sp³-hybridized carbons (Fsp3) is 0.278. The van der Waals surface area contributed by atoms with E-state index in [0.717, 1.165) is 42.0 Å². The molecule has 47 heavy (non-hydrogen) atoms. The van der Waals surface area contributed by atoms with E-state index in [1.807, 2.05) is 30.3 Å². The van der Waals surface area contributed by atoms with Crippen LogP contribution in [0.25, 0.3) is 0 Å². The van der Waals surface area contributed by atoms with Crippen molar-refractivity contribution in [3.05, 3.63) is 129 Å². The third kappa shape index (κ3) is 8.87. The smallest absolute Gasteiger partial charge is 0.264 e. The lowest BCUT2D eigenvalue weighted by atomic mass is 9.94. The molecule has 0 unspecified atom stereocenters. The van der Waals surface area contributed by atoms with Crippen molar-refractivity contribution in [3.63, 3.8) is 0 Å². The Morgan fingerprint density at radius 1 is 0.766 bits per heavy atom. The minimum absolute atomic E-state index is 0.00189. The zero-order valence-electron chi connectivity index (χ0n) is 25.7. The van der Waals surface area contributed by atoms with E-state index in [4.69, 9.17) is 34.8 Å². The van der Waals surface area contributed by atoms with Crippen molar-refractivity contribution in [2.75, 3.05) is 10.8 Å². The Labute approximate surface area is 291 Å². The summed E-state index contributed by atoms with van der Waals surface area (Å²) >= 11 is 19.1. The molecule has 0 spiro atoms. The monoisotopic (exact) mass is 711 g/mol. The molecular formula is C36H36Cl3N3O4S. The second-order valence-corrected chi connectivity index (χ2v) is 14.7. The molecule has 0 heterocycles. The molecule has 1 fully saturated rings. The fourth-order valence-corrected chi connectivity index (χ4v) is 7.71. The highest BCUT2D eigenvalue weighted by molar-refractivity contribution is 7.92. The van der Waals surface area contributed by atoms with Crippen LogP contribution in [0.2, 0.25) is 15.1 Å². The largest absolute Gasteiger partial charge is 0.352 e. The number of nitrogens with one attached hydrogen (secondary N) is 1. The lowest BCUT2D eigenvalue weighted by Gasteiger charge is -2.35. The van der Waals surface area contributed by atoms with Gasteiger partial charge < -0.3 is 10.2 Å². The first-order valence-corrected chi connectivity index (χ1v) is 18.1. The summed E-state index contributed by atoms with van der Waals surface area (Å²) in [6.07, 6.45) is 5.11. The third-order valence-corrected chi connectivity index (χ3v) is 11.2. The minimum Gasteiger partial charge on any atom is -0.352 e. The van der Waals surface area contributed by atoms with E-state index in [1.165, 1.54) is 35.2 Å². The summed E-state index contributed by atoms with van der Waals surface area (Å²) in [4.78, 5) is 30.3. The summed E-state index contributed by atoms with van der Waals surface area (Å²) in [5, 5.41) is 3.99. The number of hydrogen-bond donors (Lipinski definition) is 1. The van der Waals surface area contributed by atoms with Crippen molar-refractivity contribution in [2.45, 2.75) is 62.0 Å². The van der Waals surface area contributed by atoms with E-state index in [1.54, 1.807) is 42.5 Å². The summed E-state index contributed by atoms with van der Waals surface area (Å²) in [7, 11) is -4.26. The Morgan fingerprint density at radius 2 is 1.40 bits per heavy atom. The van der Waals surface area contributed by atoms with Gasteiger partial charge in [0.2, 0.25) is 11.8 Å². The quantitative estimate of drug-likeness (QED) is 0.162. The summed E-state index contributed by atoms with van der Waals surface area (Å²) in [6.45, 7) is -0.629. The van der Waals surface area contributed by atoms with Gasteiger partial charge in [-0.25, -0.2) is 8.42 Å². The van der Waals surface area contributed by atoms with E-state index in [0.29, 0.717) is 10.6 Å². The van der Waals surface area contributed by atoms with Crippen LogP contribution in [0.15, 0.2) is 108 Å². The number of amides is 2. The maximum absolute atomic E-state index is 14.6. The molecule has 246 valence electrons. The summed E-state index contributed by atoms with van der Waals surface area (Å²) in [5.41, 5.74) is 1.63. The molecule has 5 rings (SSSR count). The lowest BCUT2D eigenvalue weighted by molar-refractivity contribution is -0.140. The van der Waals surface area contributed by atoms with Crippen molar-refractivity contribution in [1.29, 1.82) is 0 Å². The van der Waals surface area contributed by atoms with Crippen molar-refractivity contribution >= 4 is 62.3 Å². The highest BCUT2D eigenvalue weighted by atomic mass is 35.5. The van der Waals surface area contributed by atoms with Crippen LogP contribution in [0.3, 0.4) is 0 Å². The first-order valence-electron chi connectivity index (χ1n) is 15.5. The molecule has 1 aliphatic rings. The minimum atomic E-state index is -4.26. The average Bonchev–Trinajstić information content (AvgIpc) is 3.08. The molecule has 0 aromatic heterocycles. The molecule has 4 aromatic rings. The third-order valence-electron chi connectivity index (χ3n) is 8.32. The van der Waals surface area contributed by atoms with E-state index < -0.39 is 28.5 Å². The topological polar surface area (TPSA) is 86.8 Å². The highest BCUT2D eigenvalue weighted by Crippen LogP contribution is 2.31. The van der Waals surface area contributed by atoms with Crippen LogP contribution < -0.4 is 9.62 Å². The van der Waals surface area contributed by atoms with Gasteiger partial charge in [-0.3, -0.25) is 13.9 Å².